The van der Waals surface area contributed by atoms with E-state index in [0.717, 1.165) is 5.69 Å². The van der Waals surface area contributed by atoms with Crippen LogP contribution >= 0.6 is 0 Å². The lowest BCUT2D eigenvalue weighted by Crippen LogP contribution is -2.48. The van der Waals surface area contributed by atoms with Gasteiger partial charge in [-0.2, -0.15) is 0 Å². The van der Waals surface area contributed by atoms with Gasteiger partial charge in [0.05, 0.1) is 0 Å². The Morgan fingerprint density at radius 3 is 2.45 bits per heavy atom. The van der Waals surface area contributed by atoms with Crippen LogP contribution in [0.5, 0.6) is 0 Å². The monoisotopic (exact) mass is 278 g/mol. The molecule has 2 rings (SSSR count). The van der Waals surface area contributed by atoms with Crippen LogP contribution in [0.3, 0.4) is 0 Å². The fraction of sp³-hybridized carbons (Fsp3) is 0.467. The first-order chi connectivity index (χ1) is 9.56. The second-order valence-electron chi connectivity index (χ2n) is 5.05. The number of carbonyl (C=O) groups is 2. The summed E-state index contributed by atoms with van der Waals surface area (Å²) in [6, 6.07) is 6.49. The zero-order chi connectivity index (χ0) is 14.5. The summed E-state index contributed by atoms with van der Waals surface area (Å²) in [5.41, 5.74) is 0.848. The largest absolute Gasteiger partial charge is 0.368 e. The molecule has 0 aromatic heterocycles. The van der Waals surface area contributed by atoms with Gasteiger partial charge in [0.15, 0.2) is 0 Å². The highest BCUT2D eigenvalue weighted by molar-refractivity contribution is 5.83. The minimum absolute atomic E-state index is 0.0269. The molecular weight excluding hydrogens is 259 g/mol. The van der Waals surface area contributed by atoms with Crippen molar-refractivity contribution >= 4 is 17.4 Å². The van der Waals surface area contributed by atoms with Crippen molar-refractivity contribution in [1.82, 2.24) is 4.90 Å². The number of hydrogen-bond donors (Lipinski definition) is 0. The third kappa shape index (κ3) is 3.79. The third-order valence-electron chi connectivity index (χ3n) is 3.50. The molecule has 0 atom stereocenters. The number of carbonyl (C=O) groups excluding carboxylic acids is 2. The number of nitrogens with zero attached hydrogens (tertiary/aromatic N) is 2. The van der Waals surface area contributed by atoms with E-state index in [9.17, 15) is 14.0 Å². The molecule has 4 nitrogen and oxygen atoms in total. The molecule has 1 amide bonds. The Kier molecular flexibility index (Phi) is 4.71. The van der Waals surface area contributed by atoms with Gasteiger partial charge in [-0.15, -0.1) is 0 Å². The molecule has 1 fully saturated rings. The van der Waals surface area contributed by atoms with Crippen LogP contribution < -0.4 is 4.90 Å². The molecule has 0 N–H and O–H groups in total. The summed E-state index contributed by atoms with van der Waals surface area (Å²) in [6.07, 6.45) is 0.595. The Morgan fingerprint density at radius 2 is 1.85 bits per heavy atom. The maximum absolute atomic E-state index is 13.2. The number of Topliss-reactive ketones (excluding diaryl/α,β-unsaturated/α-hetero) is 1. The van der Waals surface area contributed by atoms with Crippen molar-refractivity contribution in [1.29, 1.82) is 0 Å². The van der Waals surface area contributed by atoms with Crippen molar-refractivity contribution in [3.63, 3.8) is 0 Å². The van der Waals surface area contributed by atoms with Gasteiger partial charge in [-0.1, -0.05) is 6.07 Å². The van der Waals surface area contributed by atoms with Crippen molar-refractivity contribution in [2.24, 2.45) is 0 Å². The number of benzene rings is 1. The first-order valence-corrected chi connectivity index (χ1v) is 6.84. The molecule has 1 aromatic rings. The van der Waals surface area contributed by atoms with Crippen LogP contribution in [0.2, 0.25) is 0 Å². The molecular formula is C15H19FN2O2. The fourth-order valence-corrected chi connectivity index (χ4v) is 2.33. The van der Waals surface area contributed by atoms with E-state index in [0.29, 0.717) is 32.6 Å². The molecule has 0 unspecified atom stereocenters. The normalized spacial score (nSPS) is 15.3. The van der Waals surface area contributed by atoms with E-state index >= 15 is 0 Å². The Balaban J connectivity index is 1.86. The van der Waals surface area contributed by atoms with Crippen LogP contribution in [0, 0.1) is 5.82 Å². The summed E-state index contributed by atoms with van der Waals surface area (Å²) in [7, 11) is 0. The average molecular weight is 278 g/mol. The predicted octanol–water partition coefficient (Wildman–Crippen LogP) is 1.84. The maximum atomic E-state index is 13.2. The summed E-state index contributed by atoms with van der Waals surface area (Å²) in [5, 5.41) is 0. The smallest absolute Gasteiger partial charge is 0.223 e. The molecule has 5 heteroatoms. The van der Waals surface area contributed by atoms with Crippen molar-refractivity contribution in [2.75, 3.05) is 31.1 Å². The summed E-state index contributed by atoms with van der Waals surface area (Å²) in [5.74, 6) is -0.182. The number of piperazine rings is 1. The lowest BCUT2D eigenvalue weighted by atomic mass is 10.2. The molecule has 1 aromatic carbocycles. The zero-order valence-electron chi connectivity index (χ0n) is 11.6. The highest BCUT2D eigenvalue weighted by Crippen LogP contribution is 2.17. The van der Waals surface area contributed by atoms with Gasteiger partial charge in [0.2, 0.25) is 5.91 Å². The first kappa shape index (κ1) is 14.5. The Hall–Kier alpha value is -1.91. The average Bonchev–Trinajstić information content (AvgIpc) is 2.45. The molecule has 1 heterocycles. The molecule has 0 saturated carbocycles. The van der Waals surface area contributed by atoms with Crippen molar-refractivity contribution in [2.45, 2.75) is 19.8 Å². The van der Waals surface area contributed by atoms with E-state index in [4.69, 9.17) is 0 Å². The highest BCUT2D eigenvalue weighted by atomic mass is 19.1. The van der Waals surface area contributed by atoms with Gasteiger partial charge in [0.25, 0.3) is 0 Å². The number of amides is 1. The topological polar surface area (TPSA) is 40.6 Å². The van der Waals surface area contributed by atoms with Gasteiger partial charge in [-0.25, -0.2) is 4.39 Å². The lowest BCUT2D eigenvalue weighted by molar-refractivity contribution is -0.133. The van der Waals surface area contributed by atoms with Gasteiger partial charge >= 0.3 is 0 Å². The third-order valence-corrected chi connectivity index (χ3v) is 3.50. The number of anilines is 1. The molecule has 1 aliphatic rings. The second kappa shape index (κ2) is 6.50. The number of hydrogen-bond acceptors (Lipinski definition) is 3. The number of rotatable bonds is 4. The molecule has 0 aliphatic carbocycles. The van der Waals surface area contributed by atoms with E-state index in [1.165, 1.54) is 19.1 Å². The van der Waals surface area contributed by atoms with E-state index in [1.54, 1.807) is 11.0 Å². The zero-order valence-corrected chi connectivity index (χ0v) is 11.6. The van der Waals surface area contributed by atoms with E-state index < -0.39 is 0 Å². The molecule has 20 heavy (non-hydrogen) atoms. The van der Waals surface area contributed by atoms with Crippen molar-refractivity contribution < 1.29 is 14.0 Å². The summed E-state index contributed by atoms with van der Waals surface area (Å²) < 4.78 is 13.2. The van der Waals surface area contributed by atoms with Crippen molar-refractivity contribution in [3.8, 4) is 0 Å². The van der Waals surface area contributed by atoms with E-state index in [-0.39, 0.29) is 23.9 Å². The number of halogens is 1. The Bertz CT molecular complexity index is 496. The van der Waals surface area contributed by atoms with Crippen LogP contribution in [0.4, 0.5) is 10.1 Å². The lowest BCUT2D eigenvalue weighted by Gasteiger charge is -2.36. The molecule has 0 radical (unpaired) electrons. The first-order valence-electron chi connectivity index (χ1n) is 6.84. The van der Waals surface area contributed by atoms with Crippen LogP contribution in [-0.4, -0.2) is 42.8 Å². The van der Waals surface area contributed by atoms with Crippen LogP contribution in [-0.2, 0) is 9.59 Å². The minimum Gasteiger partial charge on any atom is -0.368 e. The van der Waals surface area contributed by atoms with Gasteiger partial charge < -0.3 is 14.6 Å². The van der Waals surface area contributed by atoms with Crippen molar-refractivity contribution in [3.05, 3.63) is 30.1 Å². The van der Waals surface area contributed by atoms with E-state index in [1.807, 2.05) is 6.07 Å². The highest BCUT2D eigenvalue weighted by Gasteiger charge is 2.21. The van der Waals surface area contributed by atoms with Crippen LogP contribution in [0.15, 0.2) is 24.3 Å². The molecule has 0 spiro atoms. The Labute approximate surface area is 118 Å². The quantitative estimate of drug-likeness (QED) is 0.844. The maximum Gasteiger partial charge on any atom is 0.223 e. The standard InChI is InChI=1S/C15H19FN2O2/c1-12(19)5-6-15(20)18-9-7-17(8-10-18)14-4-2-3-13(16)11-14/h2-4,11H,5-10H2,1H3. The fourth-order valence-electron chi connectivity index (χ4n) is 2.33. The summed E-state index contributed by atoms with van der Waals surface area (Å²) in [6.45, 7) is 4.11. The van der Waals surface area contributed by atoms with Gasteiger partial charge in [0, 0.05) is 44.7 Å². The van der Waals surface area contributed by atoms with Crippen LogP contribution in [0.25, 0.3) is 0 Å². The summed E-state index contributed by atoms with van der Waals surface area (Å²) in [4.78, 5) is 26.6. The summed E-state index contributed by atoms with van der Waals surface area (Å²) >= 11 is 0. The predicted molar refractivity (Wildman–Crippen MR) is 75.1 cm³/mol. The van der Waals surface area contributed by atoms with Gasteiger partial charge in [-0.3, -0.25) is 4.79 Å². The molecule has 1 aliphatic heterocycles. The van der Waals surface area contributed by atoms with Crippen LogP contribution in [0.1, 0.15) is 19.8 Å². The Morgan fingerprint density at radius 1 is 1.15 bits per heavy atom. The minimum atomic E-state index is -0.248. The van der Waals surface area contributed by atoms with Gasteiger partial charge in [0.1, 0.15) is 11.6 Å². The second-order valence-corrected chi connectivity index (χ2v) is 5.05. The number of ketones is 1. The molecule has 0 bridgehead atoms. The van der Waals surface area contributed by atoms with E-state index in [2.05, 4.69) is 4.90 Å². The molecule has 1 saturated heterocycles. The SMILES string of the molecule is CC(=O)CCC(=O)N1CCN(c2cccc(F)c2)CC1. The molecule has 108 valence electrons. The van der Waals surface area contributed by atoms with Gasteiger partial charge in [-0.05, 0) is 25.1 Å².